The molecular weight excluding hydrogens is 246 g/mol. The normalized spacial score (nSPS) is 16.1. The van der Waals surface area contributed by atoms with Crippen molar-refractivity contribution in [3.05, 3.63) is 30.1 Å². The summed E-state index contributed by atoms with van der Waals surface area (Å²) in [4.78, 5) is 6.73. The molecule has 0 saturated carbocycles. The highest BCUT2D eigenvalue weighted by molar-refractivity contribution is 5.17. The SMILES string of the molecule is CCCCN(C(C)CC)C(c1ccncc1)C(N)CC. The van der Waals surface area contributed by atoms with Crippen LogP contribution < -0.4 is 5.73 Å². The number of rotatable bonds is 9. The lowest BCUT2D eigenvalue weighted by atomic mass is 9.95. The van der Waals surface area contributed by atoms with Gasteiger partial charge in [0.25, 0.3) is 0 Å². The molecule has 0 aliphatic rings. The van der Waals surface area contributed by atoms with Gasteiger partial charge < -0.3 is 5.73 Å². The van der Waals surface area contributed by atoms with Crippen molar-refractivity contribution in [3.63, 3.8) is 0 Å². The van der Waals surface area contributed by atoms with Gasteiger partial charge in [0, 0.05) is 24.5 Å². The second-order valence-corrected chi connectivity index (χ2v) is 5.65. The molecular formula is C17H31N3. The standard InChI is InChI=1S/C17H31N3/c1-5-8-13-20(14(4)6-2)17(16(18)7-3)15-9-11-19-12-10-15/h9-12,14,16-17H,5-8,13,18H2,1-4H3. The minimum absolute atomic E-state index is 0.170. The molecule has 3 nitrogen and oxygen atoms in total. The topological polar surface area (TPSA) is 42.2 Å². The van der Waals surface area contributed by atoms with Gasteiger partial charge in [-0.3, -0.25) is 9.88 Å². The van der Waals surface area contributed by atoms with Crippen molar-refractivity contribution in [1.29, 1.82) is 0 Å². The highest BCUT2D eigenvalue weighted by Crippen LogP contribution is 2.28. The van der Waals surface area contributed by atoms with Crippen LogP contribution in [-0.2, 0) is 0 Å². The molecule has 0 fully saturated rings. The van der Waals surface area contributed by atoms with Crippen LogP contribution in [0.5, 0.6) is 0 Å². The van der Waals surface area contributed by atoms with E-state index in [0.29, 0.717) is 12.1 Å². The minimum Gasteiger partial charge on any atom is -0.326 e. The predicted molar refractivity (Wildman–Crippen MR) is 86.6 cm³/mol. The van der Waals surface area contributed by atoms with Crippen LogP contribution in [0.4, 0.5) is 0 Å². The van der Waals surface area contributed by atoms with Gasteiger partial charge >= 0.3 is 0 Å². The van der Waals surface area contributed by atoms with Crippen molar-refractivity contribution in [3.8, 4) is 0 Å². The Labute approximate surface area is 124 Å². The van der Waals surface area contributed by atoms with Crippen molar-refractivity contribution in [2.24, 2.45) is 5.73 Å². The maximum absolute atomic E-state index is 6.45. The summed E-state index contributed by atoms with van der Waals surface area (Å²) in [6, 6.07) is 5.24. The van der Waals surface area contributed by atoms with Crippen LogP contribution >= 0.6 is 0 Å². The molecule has 1 rings (SSSR count). The first-order valence-corrected chi connectivity index (χ1v) is 8.06. The van der Waals surface area contributed by atoms with Crippen LogP contribution in [0.2, 0.25) is 0 Å². The fourth-order valence-electron chi connectivity index (χ4n) is 2.68. The van der Waals surface area contributed by atoms with Gasteiger partial charge in [-0.1, -0.05) is 27.2 Å². The quantitative estimate of drug-likeness (QED) is 0.747. The van der Waals surface area contributed by atoms with Gasteiger partial charge in [-0.15, -0.1) is 0 Å². The molecule has 1 aromatic heterocycles. The number of pyridine rings is 1. The predicted octanol–water partition coefficient (Wildman–Crippen LogP) is 3.76. The molecule has 114 valence electrons. The van der Waals surface area contributed by atoms with Crippen LogP contribution in [0.3, 0.4) is 0 Å². The molecule has 3 heteroatoms. The number of hydrogen-bond donors (Lipinski definition) is 1. The van der Waals surface area contributed by atoms with Crippen molar-refractivity contribution < 1.29 is 0 Å². The average molecular weight is 277 g/mol. The van der Waals surface area contributed by atoms with E-state index in [1.807, 2.05) is 12.4 Å². The molecule has 0 aromatic carbocycles. The Morgan fingerprint density at radius 2 is 1.80 bits per heavy atom. The van der Waals surface area contributed by atoms with Crippen molar-refractivity contribution >= 4 is 0 Å². The molecule has 0 amide bonds. The summed E-state index contributed by atoms with van der Waals surface area (Å²) in [5.41, 5.74) is 7.75. The van der Waals surface area contributed by atoms with Crippen molar-refractivity contribution in [1.82, 2.24) is 9.88 Å². The lowest BCUT2D eigenvalue weighted by Gasteiger charge is -2.39. The molecule has 3 atom stereocenters. The molecule has 3 unspecified atom stereocenters. The molecule has 20 heavy (non-hydrogen) atoms. The third-order valence-electron chi connectivity index (χ3n) is 4.21. The van der Waals surface area contributed by atoms with E-state index in [4.69, 9.17) is 5.73 Å². The largest absolute Gasteiger partial charge is 0.326 e. The van der Waals surface area contributed by atoms with E-state index in [9.17, 15) is 0 Å². The summed E-state index contributed by atoms with van der Waals surface area (Å²) >= 11 is 0. The van der Waals surface area contributed by atoms with Gasteiger partial charge in [-0.2, -0.15) is 0 Å². The van der Waals surface area contributed by atoms with E-state index in [-0.39, 0.29) is 6.04 Å². The maximum atomic E-state index is 6.45. The summed E-state index contributed by atoms with van der Waals surface area (Å²) in [5.74, 6) is 0. The summed E-state index contributed by atoms with van der Waals surface area (Å²) in [7, 11) is 0. The summed E-state index contributed by atoms with van der Waals surface area (Å²) in [5, 5.41) is 0. The Hall–Kier alpha value is -0.930. The van der Waals surface area contributed by atoms with Crippen LogP contribution in [0, 0.1) is 0 Å². The fourth-order valence-corrected chi connectivity index (χ4v) is 2.68. The molecule has 0 aliphatic carbocycles. The first-order valence-electron chi connectivity index (χ1n) is 8.06. The van der Waals surface area contributed by atoms with Gasteiger partial charge in [0.15, 0.2) is 0 Å². The van der Waals surface area contributed by atoms with E-state index >= 15 is 0 Å². The number of nitrogens with two attached hydrogens (primary N) is 1. The zero-order valence-electron chi connectivity index (χ0n) is 13.5. The van der Waals surface area contributed by atoms with Gasteiger partial charge in [-0.25, -0.2) is 0 Å². The number of hydrogen-bond acceptors (Lipinski definition) is 3. The van der Waals surface area contributed by atoms with Crippen LogP contribution in [0.25, 0.3) is 0 Å². The lowest BCUT2D eigenvalue weighted by Crippen LogP contribution is -2.45. The number of aromatic nitrogens is 1. The van der Waals surface area contributed by atoms with Crippen LogP contribution in [0.1, 0.15) is 65.0 Å². The molecule has 1 aromatic rings. The average Bonchev–Trinajstić information content (AvgIpc) is 2.50. The maximum Gasteiger partial charge on any atom is 0.0502 e. The fraction of sp³-hybridized carbons (Fsp3) is 0.706. The zero-order valence-corrected chi connectivity index (χ0v) is 13.5. The lowest BCUT2D eigenvalue weighted by molar-refractivity contribution is 0.116. The van der Waals surface area contributed by atoms with E-state index in [1.165, 1.54) is 18.4 Å². The molecule has 0 bridgehead atoms. The summed E-state index contributed by atoms with van der Waals surface area (Å²) in [6.45, 7) is 10.1. The summed E-state index contributed by atoms with van der Waals surface area (Å²) < 4.78 is 0. The van der Waals surface area contributed by atoms with E-state index in [0.717, 1.165) is 19.4 Å². The second kappa shape index (κ2) is 9.09. The minimum atomic E-state index is 0.170. The second-order valence-electron chi connectivity index (χ2n) is 5.65. The first-order chi connectivity index (χ1) is 9.65. The third kappa shape index (κ3) is 4.57. The van der Waals surface area contributed by atoms with Crippen molar-refractivity contribution in [2.75, 3.05) is 6.54 Å². The van der Waals surface area contributed by atoms with Gasteiger partial charge in [-0.05, 0) is 50.4 Å². The van der Waals surface area contributed by atoms with Crippen LogP contribution in [-0.4, -0.2) is 28.5 Å². The first kappa shape index (κ1) is 17.1. The molecule has 1 heterocycles. The van der Waals surface area contributed by atoms with Gasteiger partial charge in [0.05, 0.1) is 6.04 Å². The Morgan fingerprint density at radius 3 is 2.30 bits per heavy atom. The van der Waals surface area contributed by atoms with E-state index in [2.05, 4.69) is 49.7 Å². The number of nitrogens with zero attached hydrogens (tertiary/aromatic N) is 2. The molecule has 2 N–H and O–H groups in total. The Bertz CT molecular complexity index is 353. The van der Waals surface area contributed by atoms with E-state index in [1.54, 1.807) is 0 Å². The number of unbranched alkanes of at least 4 members (excludes halogenated alkanes) is 1. The smallest absolute Gasteiger partial charge is 0.0502 e. The highest BCUT2D eigenvalue weighted by Gasteiger charge is 2.28. The third-order valence-corrected chi connectivity index (χ3v) is 4.21. The van der Waals surface area contributed by atoms with Crippen molar-refractivity contribution in [2.45, 2.75) is 71.5 Å². The monoisotopic (exact) mass is 277 g/mol. The summed E-state index contributed by atoms with van der Waals surface area (Å²) in [6.07, 6.45) is 8.34. The Morgan fingerprint density at radius 1 is 1.15 bits per heavy atom. The van der Waals surface area contributed by atoms with Crippen LogP contribution in [0.15, 0.2) is 24.5 Å². The molecule has 0 radical (unpaired) electrons. The van der Waals surface area contributed by atoms with E-state index < -0.39 is 0 Å². The Balaban J connectivity index is 3.04. The molecule has 0 aliphatic heterocycles. The highest BCUT2D eigenvalue weighted by atomic mass is 15.2. The molecule has 0 saturated heterocycles. The zero-order chi connectivity index (χ0) is 15.0. The Kier molecular flexibility index (Phi) is 7.78. The van der Waals surface area contributed by atoms with Gasteiger partial charge in [0.1, 0.15) is 0 Å². The van der Waals surface area contributed by atoms with Gasteiger partial charge in [0.2, 0.25) is 0 Å². The molecule has 0 spiro atoms.